The maximum Gasteiger partial charge on any atom is 0.312 e. The van der Waals surface area contributed by atoms with Crippen LogP contribution in [0.2, 0.25) is 5.02 Å². The van der Waals surface area contributed by atoms with E-state index in [1.807, 2.05) is 0 Å². The van der Waals surface area contributed by atoms with Crippen molar-refractivity contribution in [3.8, 4) is 5.75 Å². The van der Waals surface area contributed by atoms with Crippen LogP contribution in [0.5, 0.6) is 5.75 Å². The zero-order valence-corrected chi connectivity index (χ0v) is 16.7. The van der Waals surface area contributed by atoms with Gasteiger partial charge in [0.05, 0.1) is 19.6 Å². The van der Waals surface area contributed by atoms with Crippen molar-refractivity contribution in [2.75, 3.05) is 12.4 Å². The lowest BCUT2D eigenvalue weighted by atomic mass is 10.0. The third kappa shape index (κ3) is 7.00. The Bertz CT molecular complexity index is 855. The van der Waals surface area contributed by atoms with E-state index in [4.69, 9.17) is 26.8 Å². The van der Waals surface area contributed by atoms with Gasteiger partial charge in [0.15, 0.2) is 6.10 Å². The van der Waals surface area contributed by atoms with Gasteiger partial charge in [0.1, 0.15) is 5.75 Å². The molecule has 4 N–H and O–H groups in total. The summed E-state index contributed by atoms with van der Waals surface area (Å²) in [4.78, 5) is 35.8. The fourth-order valence-electron chi connectivity index (χ4n) is 2.50. The zero-order chi connectivity index (χ0) is 21.4. The number of hydrogen-bond acceptors (Lipinski definition) is 5. The first-order chi connectivity index (χ1) is 13.8. The van der Waals surface area contributed by atoms with Crippen LogP contribution in [-0.2, 0) is 14.3 Å². The first kappa shape index (κ1) is 22.0. The number of carbonyl (C=O) groups excluding carboxylic acids is 3. The number of primary amides is 1. The zero-order valence-electron chi connectivity index (χ0n) is 16.0. The number of esters is 1. The standard InChI is InChI=1S/C20H22ClN3O5/c1-12(19(26)23-15-7-9-16(28-2)10-8-15)29-18(25)11-17(24-20(22)27)13-3-5-14(21)6-4-13/h3-10,12,17H,11H2,1-2H3,(H,23,26)(H3,22,24,27)/t12-,17+/m0/s1. The Balaban J connectivity index is 1.95. The Hall–Kier alpha value is -3.26. The molecule has 0 saturated carbocycles. The molecule has 9 heteroatoms. The smallest absolute Gasteiger partial charge is 0.312 e. The molecule has 0 radical (unpaired) electrons. The predicted molar refractivity (Wildman–Crippen MR) is 109 cm³/mol. The van der Waals surface area contributed by atoms with Gasteiger partial charge in [-0.15, -0.1) is 0 Å². The Morgan fingerprint density at radius 3 is 2.24 bits per heavy atom. The number of amides is 3. The average Bonchev–Trinajstić information content (AvgIpc) is 2.68. The molecule has 0 aromatic heterocycles. The van der Waals surface area contributed by atoms with Crippen molar-refractivity contribution in [3.63, 3.8) is 0 Å². The maximum absolute atomic E-state index is 12.3. The average molecular weight is 420 g/mol. The molecule has 0 aliphatic carbocycles. The van der Waals surface area contributed by atoms with Gasteiger partial charge in [0, 0.05) is 10.7 Å². The number of halogens is 1. The van der Waals surface area contributed by atoms with Crippen LogP contribution in [0.1, 0.15) is 24.9 Å². The molecule has 2 aromatic carbocycles. The molecule has 154 valence electrons. The number of anilines is 1. The van der Waals surface area contributed by atoms with Crippen molar-refractivity contribution in [1.82, 2.24) is 5.32 Å². The molecule has 0 aliphatic heterocycles. The summed E-state index contributed by atoms with van der Waals surface area (Å²) >= 11 is 5.86. The largest absolute Gasteiger partial charge is 0.497 e. The summed E-state index contributed by atoms with van der Waals surface area (Å²) in [6, 6.07) is 11.8. The molecule has 0 spiro atoms. The van der Waals surface area contributed by atoms with Gasteiger partial charge in [-0.2, -0.15) is 0 Å². The van der Waals surface area contributed by atoms with Gasteiger partial charge in [-0.1, -0.05) is 23.7 Å². The van der Waals surface area contributed by atoms with Crippen molar-refractivity contribution in [3.05, 3.63) is 59.1 Å². The van der Waals surface area contributed by atoms with Crippen LogP contribution in [0.4, 0.5) is 10.5 Å². The summed E-state index contributed by atoms with van der Waals surface area (Å²) in [7, 11) is 1.54. The van der Waals surface area contributed by atoms with E-state index in [-0.39, 0.29) is 6.42 Å². The molecular formula is C20H22ClN3O5. The van der Waals surface area contributed by atoms with Crippen molar-refractivity contribution in [2.24, 2.45) is 5.73 Å². The van der Waals surface area contributed by atoms with Crippen LogP contribution in [0.15, 0.2) is 48.5 Å². The molecular weight excluding hydrogens is 398 g/mol. The summed E-state index contributed by atoms with van der Waals surface area (Å²) in [5.41, 5.74) is 6.35. The monoisotopic (exact) mass is 419 g/mol. The van der Waals surface area contributed by atoms with Crippen molar-refractivity contribution < 1.29 is 23.9 Å². The number of nitrogens with two attached hydrogens (primary N) is 1. The number of ether oxygens (including phenoxy) is 2. The number of nitrogens with one attached hydrogen (secondary N) is 2. The molecule has 0 aliphatic rings. The number of hydrogen-bond donors (Lipinski definition) is 3. The molecule has 2 aromatic rings. The minimum absolute atomic E-state index is 0.204. The summed E-state index contributed by atoms with van der Waals surface area (Å²) in [5.74, 6) is -0.511. The van der Waals surface area contributed by atoms with Gasteiger partial charge in [-0.25, -0.2) is 4.79 Å². The summed E-state index contributed by atoms with van der Waals surface area (Å²) < 4.78 is 10.2. The quantitative estimate of drug-likeness (QED) is 0.568. The van der Waals surface area contributed by atoms with Crippen LogP contribution in [0, 0.1) is 0 Å². The van der Waals surface area contributed by atoms with E-state index in [2.05, 4.69) is 10.6 Å². The highest BCUT2D eigenvalue weighted by molar-refractivity contribution is 6.30. The molecule has 0 saturated heterocycles. The van der Waals surface area contributed by atoms with E-state index < -0.39 is 30.1 Å². The highest BCUT2D eigenvalue weighted by atomic mass is 35.5. The first-order valence-corrected chi connectivity index (χ1v) is 9.12. The molecule has 0 fully saturated rings. The highest BCUT2D eigenvalue weighted by Gasteiger charge is 2.23. The molecule has 2 rings (SSSR count). The lowest BCUT2D eigenvalue weighted by molar-refractivity contribution is -0.153. The summed E-state index contributed by atoms with van der Waals surface area (Å²) in [5, 5.41) is 5.64. The lowest BCUT2D eigenvalue weighted by Crippen LogP contribution is -2.36. The highest BCUT2D eigenvalue weighted by Crippen LogP contribution is 2.20. The number of rotatable bonds is 8. The van der Waals surface area contributed by atoms with Gasteiger partial charge < -0.3 is 25.8 Å². The molecule has 0 heterocycles. The summed E-state index contributed by atoms with van der Waals surface area (Å²) in [6.07, 6.45) is -1.24. The van der Waals surface area contributed by atoms with Crippen molar-refractivity contribution >= 4 is 35.2 Å². The number of urea groups is 1. The second-order valence-corrected chi connectivity index (χ2v) is 6.60. The molecule has 29 heavy (non-hydrogen) atoms. The van der Waals surface area contributed by atoms with Crippen LogP contribution >= 0.6 is 11.6 Å². The topological polar surface area (TPSA) is 120 Å². The minimum atomic E-state index is -1.04. The Morgan fingerprint density at radius 2 is 1.69 bits per heavy atom. The second kappa shape index (κ2) is 10.3. The third-order valence-electron chi connectivity index (χ3n) is 3.99. The van der Waals surface area contributed by atoms with Crippen molar-refractivity contribution in [2.45, 2.75) is 25.5 Å². The minimum Gasteiger partial charge on any atom is -0.497 e. The van der Waals surface area contributed by atoms with Gasteiger partial charge in [0.2, 0.25) is 0 Å². The van der Waals surface area contributed by atoms with E-state index in [0.29, 0.717) is 22.0 Å². The molecule has 3 amide bonds. The second-order valence-electron chi connectivity index (χ2n) is 6.17. The molecule has 2 atom stereocenters. The number of carbonyl (C=O) groups is 3. The first-order valence-electron chi connectivity index (χ1n) is 8.74. The predicted octanol–water partition coefficient (Wildman–Crippen LogP) is 3.02. The maximum atomic E-state index is 12.3. The van der Waals surface area contributed by atoms with Gasteiger partial charge >= 0.3 is 12.0 Å². The number of methoxy groups -OCH3 is 1. The van der Waals surface area contributed by atoms with Crippen molar-refractivity contribution in [1.29, 1.82) is 0 Å². The van der Waals surface area contributed by atoms with E-state index in [9.17, 15) is 14.4 Å². The Morgan fingerprint density at radius 1 is 1.07 bits per heavy atom. The van der Waals surface area contributed by atoms with Crippen LogP contribution in [0.25, 0.3) is 0 Å². The van der Waals surface area contributed by atoms with Crippen LogP contribution in [0.3, 0.4) is 0 Å². The Kier molecular flexibility index (Phi) is 7.85. The normalized spacial score (nSPS) is 12.4. The van der Waals surface area contributed by atoms with E-state index >= 15 is 0 Å². The molecule has 0 unspecified atom stereocenters. The van der Waals surface area contributed by atoms with Crippen LogP contribution in [-0.4, -0.2) is 31.1 Å². The fraction of sp³-hybridized carbons (Fsp3) is 0.250. The van der Waals surface area contributed by atoms with Crippen LogP contribution < -0.4 is 21.1 Å². The molecule has 8 nitrogen and oxygen atoms in total. The number of benzene rings is 2. The van der Waals surface area contributed by atoms with E-state index in [1.165, 1.54) is 6.92 Å². The lowest BCUT2D eigenvalue weighted by Gasteiger charge is -2.19. The Labute approximate surface area is 173 Å². The van der Waals surface area contributed by atoms with Gasteiger partial charge in [-0.05, 0) is 48.9 Å². The third-order valence-corrected chi connectivity index (χ3v) is 4.25. The van der Waals surface area contributed by atoms with E-state index in [1.54, 1.807) is 55.6 Å². The van der Waals surface area contributed by atoms with E-state index in [0.717, 1.165) is 0 Å². The van der Waals surface area contributed by atoms with Gasteiger partial charge in [0.25, 0.3) is 5.91 Å². The fourth-order valence-corrected chi connectivity index (χ4v) is 2.63. The summed E-state index contributed by atoms with van der Waals surface area (Å²) in [6.45, 7) is 1.45. The molecule has 0 bridgehead atoms. The van der Waals surface area contributed by atoms with Gasteiger partial charge in [-0.3, -0.25) is 9.59 Å². The SMILES string of the molecule is COc1ccc(NC(=O)[C@H](C)OC(=O)C[C@@H](NC(N)=O)c2ccc(Cl)cc2)cc1.